The van der Waals surface area contributed by atoms with Crippen molar-refractivity contribution in [2.24, 2.45) is 0 Å². The van der Waals surface area contributed by atoms with Crippen LogP contribution >= 0.6 is 0 Å². The number of ether oxygens (including phenoxy) is 2. The first kappa shape index (κ1) is 13.5. The average molecular weight is 206 g/mol. The maximum absolute atomic E-state index is 9.19. The van der Waals surface area contributed by atoms with Crippen LogP contribution < -0.4 is 0 Å². The summed E-state index contributed by atoms with van der Waals surface area (Å²) in [4.78, 5) is 0. The Morgan fingerprint density at radius 2 is 1.79 bits per heavy atom. The molecule has 0 spiro atoms. The molecule has 0 saturated heterocycles. The molecular weight excluding hydrogens is 188 g/mol. The van der Waals surface area contributed by atoms with E-state index in [0.29, 0.717) is 13.2 Å². The largest absolute Gasteiger partial charge is 0.394 e. The molecule has 0 aromatic rings. The molecule has 0 heterocycles. The Balaban J connectivity index is 3.22. The fourth-order valence-corrected chi connectivity index (χ4v) is 0.744. The van der Waals surface area contributed by atoms with Crippen LogP contribution in [0.5, 0.6) is 0 Å². The van der Waals surface area contributed by atoms with Crippen molar-refractivity contribution in [3.63, 3.8) is 0 Å². The molecule has 0 amide bonds. The van der Waals surface area contributed by atoms with Gasteiger partial charge in [0.15, 0.2) is 0 Å². The fraction of sp³-hybridized carbons (Fsp3) is 0.778. The first-order valence-corrected chi connectivity index (χ1v) is 4.47. The zero-order chi connectivity index (χ0) is 10.8. The van der Waals surface area contributed by atoms with E-state index in [2.05, 4.69) is 6.58 Å². The van der Waals surface area contributed by atoms with E-state index in [4.69, 9.17) is 19.7 Å². The summed E-state index contributed by atoms with van der Waals surface area (Å²) in [5, 5.41) is 26.6. The second kappa shape index (κ2) is 9.11. The molecule has 2 atom stereocenters. The quantitative estimate of drug-likeness (QED) is 0.330. The van der Waals surface area contributed by atoms with Crippen LogP contribution in [0.15, 0.2) is 12.7 Å². The van der Waals surface area contributed by atoms with Gasteiger partial charge in [-0.3, -0.25) is 0 Å². The van der Waals surface area contributed by atoms with E-state index in [-0.39, 0.29) is 19.8 Å². The zero-order valence-electron chi connectivity index (χ0n) is 8.13. The van der Waals surface area contributed by atoms with Crippen molar-refractivity contribution in [1.82, 2.24) is 0 Å². The predicted octanol–water partition coefficient (Wildman–Crippen LogP) is -1.08. The van der Waals surface area contributed by atoms with E-state index in [0.717, 1.165) is 0 Å². The Kier molecular flexibility index (Phi) is 8.81. The molecular formula is C9H18O5. The highest BCUT2D eigenvalue weighted by atomic mass is 16.5. The van der Waals surface area contributed by atoms with Crippen molar-refractivity contribution in [3.8, 4) is 0 Å². The van der Waals surface area contributed by atoms with Gasteiger partial charge in [0.2, 0.25) is 0 Å². The van der Waals surface area contributed by atoms with Gasteiger partial charge >= 0.3 is 0 Å². The predicted molar refractivity (Wildman–Crippen MR) is 50.9 cm³/mol. The van der Waals surface area contributed by atoms with Crippen LogP contribution in [0.4, 0.5) is 0 Å². The first-order valence-electron chi connectivity index (χ1n) is 4.47. The molecule has 0 fully saturated rings. The summed E-state index contributed by atoms with van der Waals surface area (Å²) in [6.45, 7) is 4.31. The molecule has 14 heavy (non-hydrogen) atoms. The number of hydrogen-bond acceptors (Lipinski definition) is 5. The molecule has 84 valence electrons. The van der Waals surface area contributed by atoms with Crippen LogP contribution in [-0.4, -0.2) is 60.6 Å². The Hall–Kier alpha value is -0.460. The van der Waals surface area contributed by atoms with E-state index < -0.39 is 12.2 Å². The van der Waals surface area contributed by atoms with Crippen LogP contribution in [0, 0.1) is 0 Å². The topological polar surface area (TPSA) is 79.2 Å². The van der Waals surface area contributed by atoms with Gasteiger partial charge in [0.1, 0.15) is 6.10 Å². The van der Waals surface area contributed by atoms with Gasteiger partial charge in [-0.2, -0.15) is 0 Å². The summed E-state index contributed by atoms with van der Waals surface area (Å²) in [6.07, 6.45) is -0.672. The van der Waals surface area contributed by atoms with Gasteiger partial charge in [0.25, 0.3) is 0 Å². The number of rotatable bonds is 9. The molecule has 0 aromatic heterocycles. The molecule has 0 saturated carbocycles. The van der Waals surface area contributed by atoms with Gasteiger partial charge in [0.05, 0.1) is 39.1 Å². The van der Waals surface area contributed by atoms with Gasteiger partial charge in [0, 0.05) is 0 Å². The monoisotopic (exact) mass is 206 g/mol. The Bertz CT molecular complexity index is 139. The first-order chi connectivity index (χ1) is 6.72. The number of aliphatic hydroxyl groups is 3. The molecule has 0 aromatic carbocycles. The van der Waals surface area contributed by atoms with E-state index in [1.807, 2.05) is 0 Å². The van der Waals surface area contributed by atoms with Crippen LogP contribution in [-0.2, 0) is 9.47 Å². The van der Waals surface area contributed by atoms with Gasteiger partial charge < -0.3 is 24.8 Å². The Labute approximate surface area is 83.6 Å². The summed E-state index contributed by atoms with van der Waals surface area (Å²) in [7, 11) is 0. The maximum atomic E-state index is 9.19. The second-order valence-corrected chi connectivity index (χ2v) is 2.70. The van der Waals surface area contributed by atoms with Gasteiger partial charge in [-0.05, 0) is 0 Å². The SMILES string of the molecule is C=C[C@@H](O)[C@@H](O)COCCOCCO. The number of aliphatic hydroxyl groups excluding tert-OH is 3. The van der Waals surface area contributed by atoms with E-state index >= 15 is 0 Å². The highest BCUT2D eigenvalue weighted by molar-refractivity contribution is 4.83. The summed E-state index contributed by atoms with van der Waals surface area (Å²) in [5.74, 6) is 0. The number of hydrogen-bond donors (Lipinski definition) is 3. The summed E-state index contributed by atoms with van der Waals surface area (Å²) < 4.78 is 9.91. The highest BCUT2D eigenvalue weighted by Crippen LogP contribution is 1.95. The zero-order valence-corrected chi connectivity index (χ0v) is 8.13. The fourth-order valence-electron chi connectivity index (χ4n) is 0.744. The maximum Gasteiger partial charge on any atom is 0.107 e. The lowest BCUT2D eigenvalue weighted by atomic mass is 10.2. The van der Waals surface area contributed by atoms with Crippen molar-refractivity contribution >= 4 is 0 Å². The molecule has 3 N–H and O–H groups in total. The van der Waals surface area contributed by atoms with Crippen LogP contribution in [0.3, 0.4) is 0 Å². The smallest absolute Gasteiger partial charge is 0.107 e. The lowest BCUT2D eigenvalue weighted by Crippen LogP contribution is -2.29. The van der Waals surface area contributed by atoms with Crippen molar-refractivity contribution in [3.05, 3.63) is 12.7 Å². The summed E-state index contributed by atoms with van der Waals surface area (Å²) in [6, 6.07) is 0. The third-order valence-electron chi connectivity index (χ3n) is 1.53. The lowest BCUT2D eigenvalue weighted by Gasteiger charge is -2.14. The average Bonchev–Trinajstić information content (AvgIpc) is 2.21. The molecule has 0 rings (SSSR count). The molecule has 5 nitrogen and oxygen atoms in total. The minimum atomic E-state index is -0.964. The van der Waals surface area contributed by atoms with Crippen LogP contribution in [0.25, 0.3) is 0 Å². The molecule has 0 aliphatic rings. The lowest BCUT2D eigenvalue weighted by molar-refractivity contribution is -0.0359. The molecule has 0 radical (unpaired) electrons. The molecule has 0 unspecified atom stereocenters. The third-order valence-corrected chi connectivity index (χ3v) is 1.53. The van der Waals surface area contributed by atoms with E-state index in [1.165, 1.54) is 6.08 Å². The standard InChI is InChI=1S/C9H18O5/c1-2-8(11)9(12)7-14-6-5-13-4-3-10/h2,8-12H,1,3-7H2/t8-,9+/m1/s1. The second-order valence-electron chi connectivity index (χ2n) is 2.70. The van der Waals surface area contributed by atoms with Gasteiger partial charge in [-0.15, -0.1) is 6.58 Å². The van der Waals surface area contributed by atoms with Crippen molar-refractivity contribution in [1.29, 1.82) is 0 Å². The summed E-state index contributed by atoms with van der Waals surface area (Å²) in [5.41, 5.74) is 0. The molecule has 0 bridgehead atoms. The summed E-state index contributed by atoms with van der Waals surface area (Å²) >= 11 is 0. The highest BCUT2D eigenvalue weighted by Gasteiger charge is 2.11. The van der Waals surface area contributed by atoms with Crippen LogP contribution in [0.2, 0.25) is 0 Å². The minimum Gasteiger partial charge on any atom is -0.394 e. The van der Waals surface area contributed by atoms with Crippen LogP contribution in [0.1, 0.15) is 0 Å². The minimum absolute atomic E-state index is 0.0161. The normalized spacial score (nSPS) is 15.1. The van der Waals surface area contributed by atoms with Gasteiger partial charge in [-0.25, -0.2) is 0 Å². The molecule has 5 heteroatoms. The van der Waals surface area contributed by atoms with E-state index in [9.17, 15) is 5.11 Å². The Morgan fingerprint density at radius 3 is 2.36 bits per heavy atom. The van der Waals surface area contributed by atoms with E-state index in [1.54, 1.807) is 0 Å². The third kappa shape index (κ3) is 6.99. The Morgan fingerprint density at radius 1 is 1.14 bits per heavy atom. The molecule has 0 aliphatic heterocycles. The van der Waals surface area contributed by atoms with Crippen molar-refractivity contribution in [2.75, 3.05) is 33.0 Å². The van der Waals surface area contributed by atoms with Crippen molar-refractivity contribution < 1.29 is 24.8 Å². The van der Waals surface area contributed by atoms with Gasteiger partial charge in [-0.1, -0.05) is 6.08 Å². The molecule has 0 aliphatic carbocycles. The van der Waals surface area contributed by atoms with Crippen molar-refractivity contribution in [2.45, 2.75) is 12.2 Å².